The van der Waals surface area contributed by atoms with Crippen LogP contribution in [0.5, 0.6) is 0 Å². The van der Waals surface area contributed by atoms with Crippen LogP contribution in [-0.2, 0) is 0 Å². The minimum absolute atomic E-state index is 0.221. The molecule has 0 aliphatic carbocycles. The fourth-order valence-corrected chi connectivity index (χ4v) is 1.96. The molecule has 0 saturated heterocycles. The van der Waals surface area contributed by atoms with E-state index in [0.29, 0.717) is 5.69 Å². The number of para-hydroxylation sites is 1. The van der Waals surface area contributed by atoms with Crippen LogP contribution in [0.1, 0.15) is 16.2 Å². The van der Waals surface area contributed by atoms with Crippen LogP contribution >= 0.6 is 11.8 Å². The van der Waals surface area contributed by atoms with Gasteiger partial charge in [-0.1, -0.05) is 17.3 Å². The molecule has 0 aliphatic heterocycles. The third kappa shape index (κ3) is 2.68. The number of carbonyl (C=O) groups is 1. The summed E-state index contributed by atoms with van der Waals surface area (Å²) in [4.78, 5) is 12.9. The Morgan fingerprint density at radius 1 is 1.41 bits per heavy atom. The number of rotatable bonds is 3. The second-order valence-electron chi connectivity index (χ2n) is 3.49. The van der Waals surface area contributed by atoms with Crippen molar-refractivity contribution in [1.82, 2.24) is 5.16 Å². The molecule has 1 heterocycles. The molecule has 1 aromatic heterocycles. The highest BCUT2D eigenvalue weighted by Gasteiger charge is 2.12. The van der Waals surface area contributed by atoms with E-state index in [2.05, 4.69) is 10.5 Å². The van der Waals surface area contributed by atoms with Crippen molar-refractivity contribution < 1.29 is 9.32 Å². The summed E-state index contributed by atoms with van der Waals surface area (Å²) in [5.41, 5.74) is 1.47. The van der Waals surface area contributed by atoms with Crippen LogP contribution in [0.25, 0.3) is 0 Å². The molecule has 0 bridgehead atoms. The van der Waals surface area contributed by atoms with Gasteiger partial charge in [-0.15, -0.1) is 11.8 Å². The van der Waals surface area contributed by atoms with Crippen molar-refractivity contribution in [3.8, 4) is 0 Å². The van der Waals surface area contributed by atoms with Gasteiger partial charge in [0.05, 0.1) is 11.4 Å². The quantitative estimate of drug-likeness (QED) is 0.848. The molecule has 0 spiro atoms. The summed E-state index contributed by atoms with van der Waals surface area (Å²) in [5, 5.41) is 6.48. The predicted molar refractivity (Wildman–Crippen MR) is 67.4 cm³/mol. The predicted octanol–water partition coefficient (Wildman–Crippen LogP) is 2.96. The molecule has 0 saturated carbocycles. The summed E-state index contributed by atoms with van der Waals surface area (Å²) in [6, 6.07) is 9.22. The number of aryl methyl sites for hydroxylation is 1. The number of anilines is 1. The van der Waals surface area contributed by atoms with Gasteiger partial charge in [-0.2, -0.15) is 0 Å². The van der Waals surface area contributed by atoms with Crippen molar-refractivity contribution in [2.75, 3.05) is 11.6 Å². The van der Waals surface area contributed by atoms with Gasteiger partial charge < -0.3 is 9.84 Å². The molecule has 2 aromatic rings. The number of carbonyl (C=O) groups excluding carboxylic acids is 1. The summed E-state index contributed by atoms with van der Waals surface area (Å²) in [6.45, 7) is 1.77. The Morgan fingerprint density at radius 2 is 2.18 bits per heavy atom. The lowest BCUT2D eigenvalue weighted by Gasteiger charge is -2.06. The van der Waals surface area contributed by atoms with Gasteiger partial charge in [-0.05, 0) is 25.3 Å². The van der Waals surface area contributed by atoms with Crippen LogP contribution in [0.4, 0.5) is 5.69 Å². The lowest BCUT2D eigenvalue weighted by molar-refractivity contribution is 0.0987. The molecule has 0 aliphatic rings. The Balaban J connectivity index is 2.18. The van der Waals surface area contributed by atoms with E-state index in [4.69, 9.17) is 4.52 Å². The highest BCUT2D eigenvalue weighted by Crippen LogP contribution is 2.25. The number of nitrogens with one attached hydrogen (secondary N) is 1. The summed E-state index contributed by atoms with van der Waals surface area (Å²) in [5.74, 6) is -0.0643. The van der Waals surface area contributed by atoms with Crippen LogP contribution in [0.3, 0.4) is 0 Å². The fraction of sp³-hybridized carbons (Fsp3) is 0.167. The average Bonchev–Trinajstić information content (AvgIpc) is 2.77. The van der Waals surface area contributed by atoms with Crippen LogP contribution < -0.4 is 5.32 Å². The molecule has 1 amide bonds. The lowest BCUT2D eigenvalue weighted by Crippen LogP contribution is -2.11. The minimum atomic E-state index is -0.285. The van der Waals surface area contributed by atoms with Gasteiger partial charge in [0, 0.05) is 11.0 Å². The number of aromatic nitrogens is 1. The number of benzene rings is 1. The second kappa shape index (κ2) is 5.05. The molecule has 1 N–H and O–H groups in total. The first-order chi connectivity index (χ1) is 8.20. The van der Waals surface area contributed by atoms with E-state index in [1.165, 1.54) is 0 Å². The van der Waals surface area contributed by atoms with Crippen LogP contribution in [0.2, 0.25) is 0 Å². The van der Waals surface area contributed by atoms with Gasteiger partial charge in [0.2, 0.25) is 5.76 Å². The zero-order valence-electron chi connectivity index (χ0n) is 9.56. The molecule has 88 valence electrons. The normalized spacial score (nSPS) is 10.2. The van der Waals surface area contributed by atoms with Gasteiger partial charge >= 0.3 is 0 Å². The molecule has 0 fully saturated rings. The van der Waals surface area contributed by atoms with E-state index >= 15 is 0 Å². The van der Waals surface area contributed by atoms with Gasteiger partial charge in [0.15, 0.2) is 0 Å². The van der Waals surface area contributed by atoms with Crippen molar-refractivity contribution in [3.05, 3.63) is 41.8 Å². The molecule has 17 heavy (non-hydrogen) atoms. The monoisotopic (exact) mass is 248 g/mol. The Bertz CT molecular complexity index is 537. The zero-order valence-corrected chi connectivity index (χ0v) is 10.4. The Kier molecular flexibility index (Phi) is 3.49. The van der Waals surface area contributed by atoms with E-state index < -0.39 is 0 Å². The smallest absolute Gasteiger partial charge is 0.294 e. The van der Waals surface area contributed by atoms with Gasteiger partial charge in [-0.3, -0.25) is 4.79 Å². The number of thioether (sulfide) groups is 1. The SMILES string of the molecule is CSc1ccccc1NC(=O)c1cc(C)no1. The topological polar surface area (TPSA) is 55.1 Å². The molecule has 0 radical (unpaired) electrons. The third-order valence-corrected chi connectivity index (χ3v) is 3.00. The number of amides is 1. The first kappa shape index (κ1) is 11.7. The lowest BCUT2D eigenvalue weighted by atomic mass is 10.3. The highest BCUT2D eigenvalue weighted by atomic mass is 32.2. The van der Waals surface area contributed by atoms with E-state index in [9.17, 15) is 4.79 Å². The van der Waals surface area contributed by atoms with Crippen molar-refractivity contribution in [2.24, 2.45) is 0 Å². The number of hydrogen-bond acceptors (Lipinski definition) is 4. The fourth-order valence-electron chi connectivity index (χ4n) is 1.40. The summed E-state index contributed by atoms with van der Waals surface area (Å²) >= 11 is 1.58. The van der Waals surface area contributed by atoms with E-state index in [0.717, 1.165) is 10.6 Å². The standard InChI is InChI=1S/C12H12N2O2S/c1-8-7-10(16-14-8)12(15)13-9-5-3-4-6-11(9)17-2/h3-7H,1-2H3,(H,13,15). The van der Waals surface area contributed by atoms with Crippen molar-refractivity contribution in [3.63, 3.8) is 0 Å². The van der Waals surface area contributed by atoms with E-state index in [1.54, 1.807) is 24.8 Å². The minimum Gasteiger partial charge on any atom is -0.351 e. The molecule has 0 unspecified atom stereocenters. The molecule has 1 aromatic carbocycles. The molecule has 4 nitrogen and oxygen atoms in total. The molecule has 5 heteroatoms. The van der Waals surface area contributed by atoms with Crippen molar-refractivity contribution in [2.45, 2.75) is 11.8 Å². The number of hydrogen-bond donors (Lipinski definition) is 1. The first-order valence-corrected chi connectivity index (χ1v) is 6.31. The Labute approximate surface area is 103 Å². The van der Waals surface area contributed by atoms with E-state index in [1.807, 2.05) is 30.5 Å². The van der Waals surface area contributed by atoms with Gasteiger partial charge in [0.25, 0.3) is 5.91 Å². The van der Waals surface area contributed by atoms with Crippen molar-refractivity contribution in [1.29, 1.82) is 0 Å². The summed E-state index contributed by atoms with van der Waals surface area (Å²) in [6.07, 6.45) is 1.96. The highest BCUT2D eigenvalue weighted by molar-refractivity contribution is 7.98. The molecular formula is C12H12N2O2S. The maximum atomic E-state index is 11.8. The number of nitrogens with zero attached hydrogens (tertiary/aromatic N) is 1. The first-order valence-electron chi connectivity index (χ1n) is 5.08. The summed E-state index contributed by atoms with van der Waals surface area (Å²) < 4.78 is 4.90. The van der Waals surface area contributed by atoms with Crippen LogP contribution in [0.15, 0.2) is 39.8 Å². The van der Waals surface area contributed by atoms with Crippen molar-refractivity contribution >= 4 is 23.4 Å². The molecule has 0 atom stereocenters. The van der Waals surface area contributed by atoms with Crippen LogP contribution in [0, 0.1) is 6.92 Å². The van der Waals surface area contributed by atoms with Gasteiger partial charge in [-0.25, -0.2) is 0 Å². The largest absolute Gasteiger partial charge is 0.351 e. The zero-order chi connectivity index (χ0) is 12.3. The molecular weight excluding hydrogens is 236 g/mol. The third-order valence-electron chi connectivity index (χ3n) is 2.21. The van der Waals surface area contributed by atoms with Crippen LogP contribution in [-0.4, -0.2) is 17.3 Å². The average molecular weight is 248 g/mol. The molecule has 2 rings (SSSR count). The Morgan fingerprint density at radius 3 is 2.82 bits per heavy atom. The second-order valence-corrected chi connectivity index (χ2v) is 4.34. The summed E-state index contributed by atoms with van der Waals surface area (Å²) in [7, 11) is 0. The Hall–Kier alpha value is -1.75. The maximum absolute atomic E-state index is 11.8. The van der Waals surface area contributed by atoms with E-state index in [-0.39, 0.29) is 11.7 Å². The van der Waals surface area contributed by atoms with Gasteiger partial charge in [0.1, 0.15) is 0 Å². The maximum Gasteiger partial charge on any atom is 0.294 e.